The van der Waals surface area contributed by atoms with E-state index >= 15 is 0 Å². The number of aliphatic carboxylic acids is 1. The minimum atomic E-state index is -0.819. The van der Waals surface area contributed by atoms with Gasteiger partial charge in [-0.2, -0.15) is 0 Å². The first-order valence-electron chi connectivity index (χ1n) is 6.41. The summed E-state index contributed by atoms with van der Waals surface area (Å²) in [6, 6.07) is 7.56. The van der Waals surface area contributed by atoms with Gasteiger partial charge in [-0.25, -0.2) is 0 Å². The van der Waals surface area contributed by atoms with Crippen LogP contribution in [0.4, 0.5) is 0 Å². The van der Waals surface area contributed by atoms with E-state index in [2.05, 4.69) is 4.90 Å². The Morgan fingerprint density at radius 2 is 2.00 bits per heavy atom. The molecular formula is C14H19NO4. The van der Waals surface area contributed by atoms with Gasteiger partial charge in [0.1, 0.15) is 0 Å². The lowest BCUT2D eigenvalue weighted by Crippen LogP contribution is -2.32. The van der Waals surface area contributed by atoms with Crippen LogP contribution in [0.2, 0.25) is 0 Å². The van der Waals surface area contributed by atoms with E-state index in [1.807, 2.05) is 24.3 Å². The summed E-state index contributed by atoms with van der Waals surface area (Å²) in [5, 5.41) is 18.4. The van der Waals surface area contributed by atoms with E-state index in [0.29, 0.717) is 19.8 Å². The third-order valence-corrected chi connectivity index (χ3v) is 3.12. The van der Waals surface area contributed by atoms with Crippen molar-refractivity contribution in [2.75, 3.05) is 26.3 Å². The van der Waals surface area contributed by atoms with Crippen molar-refractivity contribution in [2.45, 2.75) is 19.1 Å². The number of β-amino-alcohol motifs (C(OH)–C–C–N with tert-alkyl or cyclic N) is 1. The zero-order valence-electron chi connectivity index (χ0n) is 10.8. The minimum Gasteiger partial charge on any atom is -0.481 e. The second-order valence-corrected chi connectivity index (χ2v) is 4.85. The van der Waals surface area contributed by atoms with Gasteiger partial charge in [-0.1, -0.05) is 24.3 Å². The molecule has 0 amide bonds. The molecular weight excluding hydrogens is 246 g/mol. The van der Waals surface area contributed by atoms with Gasteiger partial charge in [0.05, 0.1) is 25.7 Å². The van der Waals surface area contributed by atoms with Crippen molar-refractivity contribution < 1.29 is 19.7 Å². The number of hydrogen-bond acceptors (Lipinski definition) is 4. The maximum absolute atomic E-state index is 10.6. The van der Waals surface area contributed by atoms with Gasteiger partial charge in [0.25, 0.3) is 0 Å². The molecule has 0 radical (unpaired) electrons. The first-order chi connectivity index (χ1) is 9.13. The summed E-state index contributed by atoms with van der Waals surface area (Å²) in [4.78, 5) is 12.7. The number of carboxylic acids is 1. The Bertz CT molecular complexity index is 418. The second kappa shape index (κ2) is 6.65. The highest BCUT2D eigenvalue weighted by Gasteiger charge is 2.16. The molecule has 1 heterocycles. The summed E-state index contributed by atoms with van der Waals surface area (Å²) < 4.78 is 5.28. The Labute approximate surface area is 112 Å². The summed E-state index contributed by atoms with van der Waals surface area (Å²) in [7, 11) is 0. The van der Waals surface area contributed by atoms with E-state index < -0.39 is 12.1 Å². The molecule has 1 aromatic rings. The fourth-order valence-corrected chi connectivity index (χ4v) is 2.19. The number of carboxylic acid groups (broad SMARTS) is 1. The smallest absolute Gasteiger partial charge is 0.307 e. The average Bonchev–Trinajstić information content (AvgIpc) is 2.55. The quantitative estimate of drug-likeness (QED) is 0.830. The number of nitrogens with zero attached hydrogens (tertiary/aromatic N) is 1. The summed E-state index contributed by atoms with van der Waals surface area (Å²) in [5.74, 6) is -0.819. The molecule has 0 spiro atoms. The zero-order chi connectivity index (χ0) is 13.7. The van der Waals surface area contributed by atoms with Gasteiger partial charge in [-0.05, 0) is 11.1 Å². The van der Waals surface area contributed by atoms with Gasteiger partial charge in [-0.15, -0.1) is 0 Å². The molecule has 1 fully saturated rings. The van der Waals surface area contributed by atoms with Gasteiger partial charge < -0.3 is 14.9 Å². The maximum Gasteiger partial charge on any atom is 0.307 e. The number of benzene rings is 1. The summed E-state index contributed by atoms with van der Waals surface area (Å²) in [6.07, 6.45) is -0.384. The molecule has 5 heteroatoms. The van der Waals surface area contributed by atoms with Crippen LogP contribution >= 0.6 is 0 Å². The van der Waals surface area contributed by atoms with Crippen LogP contribution in [0.3, 0.4) is 0 Å². The third kappa shape index (κ3) is 4.63. The van der Waals surface area contributed by atoms with Crippen molar-refractivity contribution in [1.29, 1.82) is 0 Å². The fourth-order valence-electron chi connectivity index (χ4n) is 2.19. The minimum absolute atomic E-state index is 0.0521. The molecule has 5 nitrogen and oxygen atoms in total. The summed E-state index contributed by atoms with van der Waals surface area (Å²) >= 11 is 0. The Hall–Kier alpha value is -1.43. The van der Waals surface area contributed by atoms with Crippen LogP contribution in [0.5, 0.6) is 0 Å². The number of aliphatic hydroxyl groups excluding tert-OH is 1. The molecule has 1 saturated heterocycles. The summed E-state index contributed by atoms with van der Waals surface area (Å²) in [6.45, 7) is 3.18. The second-order valence-electron chi connectivity index (χ2n) is 4.85. The number of carbonyl (C=O) groups is 1. The molecule has 1 aromatic carbocycles. The SMILES string of the molecule is O=C(O)Cc1ccc(CN2CCOCC(O)C2)cc1. The van der Waals surface area contributed by atoms with E-state index in [1.54, 1.807) is 0 Å². The largest absolute Gasteiger partial charge is 0.481 e. The maximum atomic E-state index is 10.6. The van der Waals surface area contributed by atoms with Gasteiger partial charge >= 0.3 is 5.97 Å². The molecule has 1 aliphatic heterocycles. The van der Waals surface area contributed by atoms with E-state index in [4.69, 9.17) is 9.84 Å². The molecule has 104 valence electrons. The Morgan fingerprint density at radius 3 is 2.68 bits per heavy atom. The first kappa shape index (κ1) is 14.0. The van der Waals surface area contributed by atoms with Crippen molar-refractivity contribution in [3.63, 3.8) is 0 Å². The molecule has 1 atom stereocenters. The van der Waals surface area contributed by atoms with Crippen LogP contribution in [0.1, 0.15) is 11.1 Å². The Morgan fingerprint density at radius 1 is 1.32 bits per heavy atom. The van der Waals surface area contributed by atoms with E-state index in [-0.39, 0.29) is 6.42 Å². The fraction of sp³-hybridized carbons (Fsp3) is 0.500. The van der Waals surface area contributed by atoms with Crippen LogP contribution in [-0.2, 0) is 22.5 Å². The molecule has 0 bridgehead atoms. The Balaban J connectivity index is 1.92. The van der Waals surface area contributed by atoms with Gasteiger partial charge in [0.2, 0.25) is 0 Å². The topological polar surface area (TPSA) is 70.0 Å². The number of ether oxygens (including phenoxy) is 1. The van der Waals surface area contributed by atoms with Crippen LogP contribution in [0, 0.1) is 0 Å². The molecule has 1 aliphatic rings. The lowest BCUT2D eigenvalue weighted by Gasteiger charge is -2.20. The zero-order valence-corrected chi connectivity index (χ0v) is 10.8. The first-order valence-corrected chi connectivity index (χ1v) is 6.41. The van der Waals surface area contributed by atoms with E-state index in [0.717, 1.165) is 24.2 Å². The van der Waals surface area contributed by atoms with Crippen LogP contribution < -0.4 is 0 Å². The molecule has 0 saturated carbocycles. The highest BCUT2D eigenvalue weighted by molar-refractivity contribution is 5.70. The average molecular weight is 265 g/mol. The normalized spacial score (nSPS) is 21.0. The number of hydrogen-bond donors (Lipinski definition) is 2. The molecule has 2 rings (SSSR count). The van der Waals surface area contributed by atoms with Crippen LogP contribution in [-0.4, -0.2) is 53.5 Å². The van der Waals surface area contributed by atoms with Gasteiger partial charge in [0, 0.05) is 19.6 Å². The molecule has 1 unspecified atom stereocenters. The van der Waals surface area contributed by atoms with E-state index in [9.17, 15) is 9.90 Å². The lowest BCUT2D eigenvalue weighted by molar-refractivity contribution is -0.136. The molecule has 0 aliphatic carbocycles. The standard InChI is InChI=1S/C14H19NO4/c16-13-9-15(5-6-19-10-13)8-12-3-1-11(2-4-12)7-14(17)18/h1-4,13,16H,5-10H2,(H,17,18). The van der Waals surface area contributed by atoms with Crippen molar-refractivity contribution in [3.8, 4) is 0 Å². The molecule has 0 aromatic heterocycles. The highest BCUT2D eigenvalue weighted by Crippen LogP contribution is 2.10. The number of rotatable bonds is 4. The van der Waals surface area contributed by atoms with Gasteiger partial charge in [-0.3, -0.25) is 9.69 Å². The van der Waals surface area contributed by atoms with Crippen molar-refractivity contribution in [1.82, 2.24) is 4.90 Å². The Kier molecular flexibility index (Phi) is 4.90. The van der Waals surface area contributed by atoms with E-state index in [1.165, 1.54) is 0 Å². The predicted octanol–water partition coefficient (Wildman–Crippen LogP) is 0.507. The van der Waals surface area contributed by atoms with Crippen LogP contribution in [0.15, 0.2) is 24.3 Å². The summed E-state index contributed by atoms with van der Waals surface area (Å²) in [5.41, 5.74) is 1.92. The monoisotopic (exact) mass is 265 g/mol. The predicted molar refractivity (Wildman–Crippen MR) is 69.9 cm³/mol. The number of aliphatic hydroxyl groups is 1. The van der Waals surface area contributed by atoms with Gasteiger partial charge in [0.15, 0.2) is 0 Å². The van der Waals surface area contributed by atoms with Crippen LogP contribution in [0.25, 0.3) is 0 Å². The third-order valence-electron chi connectivity index (χ3n) is 3.12. The molecule has 19 heavy (non-hydrogen) atoms. The lowest BCUT2D eigenvalue weighted by atomic mass is 10.1. The van der Waals surface area contributed by atoms with Crippen molar-refractivity contribution in [2.24, 2.45) is 0 Å². The molecule has 2 N–H and O–H groups in total. The highest BCUT2D eigenvalue weighted by atomic mass is 16.5. The van der Waals surface area contributed by atoms with Crippen molar-refractivity contribution in [3.05, 3.63) is 35.4 Å². The van der Waals surface area contributed by atoms with Crippen molar-refractivity contribution >= 4 is 5.97 Å².